The second-order valence-corrected chi connectivity index (χ2v) is 7.12. The second kappa shape index (κ2) is 6.76. The molecule has 1 aliphatic heterocycles. The highest BCUT2D eigenvalue weighted by atomic mass is 32.2. The number of hydrogen-bond donors (Lipinski definition) is 1. The van der Waals surface area contributed by atoms with Gasteiger partial charge in [0.2, 0.25) is 15.9 Å². The van der Waals surface area contributed by atoms with Crippen molar-refractivity contribution in [1.82, 2.24) is 4.72 Å². The lowest BCUT2D eigenvalue weighted by atomic mass is 10.1. The molecule has 0 aromatic heterocycles. The molecule has 1 N–H and O–H groups in total. The van der Waals surface area contributed by atoms with Crippen LogP contribution in [-0.4, -0.2) is 40.6 Å². The number of benzene rings is 1. The fraction of sp³-hybridized carbons (Fsp3) is 0.533. The highest BCUT2D eigenvalue weighted by molar-refractivity contribution is 7.89. The molecule has 0 saturated carbocycles. The number of methoxy groups -OCH3 is 1. The van der Waals surface area contributed by atoms with Gasteiger partial charge in [-0.15, -0.1) is 0 Å². The molecule has 7 heteroatoms. The Balaban J connectivity index is 2.27. The Labute approximate surface area is 131 Å². The number of rotatable bonds is 6. The summed E-state index contributed by atoms with van der Waals surface area (Å²) < 4.78 is 31.8. The van der Waals surface area contributed by atoms with E-state index in [0.717, 1.165) is 11.3 Å². The number of ether oxygens (including phenoxy) is 1. The first-order valence-electron chi connectivity index (χ1n) is 7.34. The van der Waals surface area contributed by atoms with Crippen LogP contribution >= 0.6 is 0 Å². The Hall–Kier alpha value is -1.44. The third kappa shape index (κ3) is 3.31. The van der Waals surface area contributed by atoms with Gasteiger partial charge in [0.1, 0.15) is 0 Å². The minimum absolute atomic E-state index is 0.0556. The van der Waals surface area contributed by atoms with E-state index in [1.807, 2.05) is 13.8 Å². The molecule has 1 heterocycles. The van der Waals surface area contributed by atoms with E-state index in [2.05, 4.69) is 4.72 Å². The fourth-order valence-corrected chi connectivity index (χ4v) is 3.75. The third-order valence-corrected chi connectivity index (χ3v) is 5.21. The van der Waals surface area contributed by atoms with Crippen LogP contribution in [0.15, 0.2) is 23.1 Å². The van der Waals surface area contributed by atoms with Crippen molar-refractivity contribution in [3.63, 3.8) is 0 Å². The predicted molar refractivity (Wildman–Crippen MR) is 84.4 cm³/mol. The summed E-state index contributed by atoms with van der Waals surface area (Å²) in [4.78, 5) is 14.0. The smallest absolute Gasteiger partial charge is 0.240 e. The zero-order chi connectivity index (χ0) is 16.3. The van der Waals surface area contributed by atoms with Gasteiger partial charge < -0.3 is 9.64 Å². The average Bonchev–Trinajstić information content (AvgIpc) is 2.81. The van der Waals surface area contributed by atoms with Gasteiger partial charge in [-0.25, -0.2) is 13.1 Å². The summed E-state index contributed by atoms with van der Waals surface area (Å²) in [5.74, 6) is 0.0556. The topological polar surface area (TPSA) is 75.7 Å². The summed E-state index contributed by atoms with van der Waals surface area (Å²) in [5, 5.41) is 0. The van der Waals surface area contributed by atoms with Gasteiger partial charge in [0, 0.05) is 31.8 Å². The first kappa shape index (κ1) is 16.9. The summed E-state index contributed by atoms with van der Waals surface area (Å²) in [5.41, 5.74) is 1.71. The number of nitrogens with zero attached hydrogens (tertiary/aromatic N) is 1. The maximum absolute atomic E-state index is 12.2. The Morgan fingerprint density at radius 2 is 2.18 bits per heavy atom. The minimum Gasteiger partial charge on any atom is -0.383 e. The Bertz CT molecular complexity index is 658. The van der Waals surface area contributed by atoms with Crippen LogP contribution in [0.5, 0.6) is 0 Å². The van der Waals surface area contributed by atoms with E-state index in [1.54, 1.807) is 23.1 Å². The van der Waals surface area contributed by atoms with Crippen molar-refractivity contribution in [3.05, 3.63) is 23.8 Å². The molecule has 1 aromatic rings. The number of sulfonamides is 1. The molecule has 0 saturated heterocycles. The molecule has 0 fully saturated rings. The number of hydrogen-bond acceptors (Lipinski definition) is 4. The number of anilines is 1. The van der Waals surface area contributed by atoms with Crippen LogP contribution in [0.4, 0.5) is 5.69 Å². The number of carbonyl (C=O) groups is 1. The zero-order valence-electron chi connectivity index (χ0n) is 13.1. The van der Waals surface area contributed by atoms with Crippen LogP contribution < -0.4 is 9.62 Å². The molecule has 0 spiro atoms. The van der Waals surface area contributed by atoms with Crippen molar-refractivity contribution in [2.45, 2.75) is 37.6 Å². The molecule has 1 amide bonds. The molecule has 6 nitrogen and oxygen atoms in total. The third-order valence-electron chi connectivity index (χ3n) is 3.75. The van der Waals surface area contributed by atoms with Gasteiger partial charge in [-0.05, 0) is 37.1 Å². The van der Waals surface area contributed by atoms with E-state index in [0.29, 0.717) is 19.4 Å². The zero-order valence-corrected chi connectivity index (χ0v) is 13.9. The molecule has 1 atom stereocenters. The SMILES string of the molecule is CCC(=O)N1c2ccc(S(=O)(=O)NCCOC)cc2CC1C. The monoisotopic (exact) mass is 326 g/mol. The van der Waals surface area contributed by atoms with Gasteiger partial charge in [0.05, 0.1) is 11.5 Å². The van der Waals surface area contributed by atoms with Crippen LogP contribution in [0.25, 0.3) is 0 Å². The van der Waals surface area contributed by atoms with Crippen LogP contribution in [0.1, 0.15) is 25.8 Å². The minimum atomic E-state index is -3.55. The number of carbonyl (C=O) groups excluding carboxylic acids is 1. The first-order chi connectivity index (χ1) is 10.4. The normalized spacial score (nSPS) is 17.6. The van der Waals surface area contributed by atoms with E-state index in [9.17, 15) is 13.2 Å². The van der Waals surface area contributed by atoms with Crippen LogP contribution in [0.3, 0.4) is 0 Å². The standard InChI is InChI=1S/C15H22N2O4S/c1-4-15(18)17-11(2)9-12-10-13(5-6-14(12)17)22(19,20)16-7-8-21-3/h5-6,10-11,16H,4,7-9H2,1-3H3. The number of nitrogens with one attached hydrogen (secondary N) is 1. The lowest BCUT2D eigenvalue weighted by Crippen LogP contribution is -2.35. The molecule has 1 aliphatic rings. The molecule has 122 valence electrons. The molecular formula is C15H22N2O4S. The molecule has 0 bridgehead atoms. The van der Waals surface area contributed by atoms with Crippen molar-refractivity contribution in [3.8, 4) is 0 Å². The van der Waals surface area contributed by atoms with Gasteiger partial charge in [-0.3, -0.25) is 4.79 Å². The molecule has 2 rings (SSSR count). The largest absolute Gasteiger partial charge is 0.383 e. The van der Waals surface area contributed by atoms with Gasteiger partial charge in [-0.2, -0.15) is 0 Å². The fourth-order valence-electron chi connectivity index (χ4n) is 2.69. The lowest BCUT2D eigenvalue weighted by Gasteiger charge is -2.22. The van der Waals surface area contributed by atoms with Crippen molar-refractivity contribution >= 4 is 21.6 Å². The van der Waals surface area contributed by atoms with E-state index >= 15 is 0 Å². The highest BCUT2D eigenvalue weighted by Crippen LogP contribution is 2.34. The van der Waals surface area contributed by atoms with Crippen LogP contribution in [0.2, 0.25) is 0 Å². The van der Waals surface area contributed by atoms with Gasteiger partial charge in [-0.1, -0.05) is 6.92 Å². The molecule has 0 aliphatic carbocycles. The van der Waals surface area contributed by atoms with Crippen molar-refractivity contribution in [2.24, 2.45) is 0 Å². The van der Waals surface area contributed by atoms with E-state index in [4.69, 9.17) is 4.74 Å². The highest BCUT2D eigenvalue weighted by Gasteiger charge is 2.31. The van der Waals surface area contributed by atoms with Gasteiger partial charge in [0.25, 0.3) is 0 Å². The molecule has 22 heavy (non-hydrogen) atoms. The lowest BCUT2D eigenvalue weighted by molar-refractivity contribution is -0.118. The van der Waals surface area contributed by atoms with Crippen LogP contribution in [-0.2, 0) is 26.0 Å². The van der Waals surface area contributed by atoms with Crippen molar-refractivity contribution in [2.75, 3.05) is 25.2 Å². The maximum Gasteiger partial charge on any atom is 0.240 e. The predicted octanol–water partition coefficient (Wildman–Crippen LogP) is 1.30. The molecular weight excluding hydrogens is 304 g/mol. The van der Waals surface area contributed by atoms with E-state index < -0.39 is 10.0 Å². The summed E-state index contributed by atoms with van der Waals surface area (Å²) in [7, 11) is -2.03. The van der Waals surface area contributed by atoms with E-state index in [-0.39, 0.29) is 23.4 Å². The Morgan fingerprint density at radius 1 is 1.45 bits per heavy atom. The first-order valence-corrected chi connectivity index (χ1v) is 8.82. The second-order valence-electron chi connectivity index (χ2n) is 5.35. The number of fused-ring (bicyclic) bond motifs is 1. The molecule has 0 radical (unpaired) electrons. The number of amides is 1. The summed E-state index contributed by atoms with van der Waals surface area (Å²) >= 11 is 0. The maximum atomic E-state index is 12.2. The van der Waals surface area contributed by atoms with Crippen LogP contribution in [0, 0.1) is 0 Å². The quantitative estimate of drug-likeness (QED) is 0.800. The van der Waals surface area contributed by atoms with Crippen molar-refractivity contribution < 1.29 is 17.9 Å². The van der Waals surface area contributed by atoms with Gasteiger partial charge >= 0.3 is 0 Å². The summed E-state index contributed by atoms with van der Waals surface area (Å²) in [6.07, 6.45) is 1.10. The van der Waals surface area contributed by atoms with E-state index in [1.165, 1.54) is 7.11 Å². The summed E-state index contributed by atoms with van der Waals surface area (Å²) in [6.45, 7) is 4.34. The molecule has 1 unspecified atom stereocenters. The average molecular weight is 326 g/mol. The summed E-state index contributed by atoms with van der Waals surface area (Å²) in [6, 6.07) is 4.98. The van der Waals surface area contributed by atoms with Gasteiger partial charge in [0.15, 0.2) is 0 Å². The van der Waals surface area contributed by atoms with Crippen molar-refractivity contribution in [1.29, 1.82) is 0 Å². The Morgan fingerprint density at radius 3 is 2.82 bits per heavy atom. The Kier molecular flexibility index (Phi) is 5.20. The molecule has 1 aromatic carbocycles.